The van der Waals surface area contributed by atoms with Crippen molar-refractivity contribution in [2.45, 2.75) is 26.7 Å². The first-order chi connectivity index (χ1) is 5.24. The third-order valence-corrected chi connectivity index (χ3v) is 1.36. The average molecular weight is 152 g/mol. The normalized spacial score (nSPS) is 12.9. The van der Waals surface area contributed by atoms with Gasteiger partial charge in [-0.2, -0.15) is 0 Å². The van der Waals surface area contributed by atoms with Crippen molar-refractivity contribution in [3.8, 4) is 12.3 Å². The van der Waals surface area contributed by atoms with Crippen LogP contribution in [-0.2, 0) is 0 Å². The Labute approximate surface area is 67.8 Å². The first-order valence-corrected chi connectivity index (χ1v) is 3.75. The molecule has 0 saturated carbocycles. The molecule has 0 radical (unpaired) electrons. The van der Waals surface area contributed by atoms with Crippen molar-refractivity contribution in [1.82, 2.24) is 0 Å². The third-order valence-electron chi connectivity index (χ3n) is 1.36. The molecule has 0 aromatic carbocycles. The Morgan fingerprint density at radius 1 is 1.45 bits per heavy atom. The zero-order valence-electron chi connectivity index (χ0n) is 7.02. The van der Waals surface area contributed by atoms with E-state index in [9.17, 15) is 4.39 Å². The molecule has 0 bridgehead atoms. The zero-order chi connectivity index (χ0) is 8.69. The predicted molar refractivity (Wildman–Crippen MR) is 46.7 cm³/mol. The Bertz CT molecular complexity index is 203. The van der Waals surface area contributed by atoms with Gasteiger partial charge in [-0.15, -0.1) is 6.42 Å². The quantitative estimate of drug-likeness (QED) is 0.430. The van der Waals surface area contributed by atoms with Crippen molar-refractivity contribution in [3.05, 3.63) is 23.6 Å². The van der Waals surface area contributed by atoms with Gasteiger partial charge in [-0.3, -0.25) is 0 Å². The lowest BCUT2D eigenvalue weighted by Crippen LogP contribution is -1.76. The highest BCUT2D eigenvalue weighted by atomic mass is 19.1. The van der Waals surface area contributed by atoms with Crippen LogP contribution in [0.4, 0.5) is 4.39 Å². The Balaban J connectivity index is 4.32. The molecule has 0 aromatic rings. The van der Waals surface area contributed by atoms with Gasteiger partial charge in [-0.25, -0.2) is 4.39 Å². The molecule has 0 aromatic heterocycles. The van der Waals surface area contributed by atoms with Gasteiger partial charge in [0.05, 0.1) is 5.83 Å². The molecule has 0 saturated heterocycles. The molecule has 0 aliphatic heterocycles. The Morgan fingerprint density at radius 2 is 2.09 bits per heavy atom. The molecule has 0 amide bonds. The van der Waals surface area contributed by atoms with Gasteiger partial charge in [-0.05, 0) is 30.6 Å². The molecule has 0 aliphatic carbocycles. The molecule has 0 fully saturated rings. The molecular formula is C10H13F. The van der Waals surface area contributed by atoms with Gasteiger partial charge >= 0.3 is 0 Å². The highest BCUT2D eigenvalue weighted by Crippen LogP contribution is 2.09. The SMILES string of the molecule is C#C/C=C(\C=C(\F)CC)CC. The maximum Gasteiger partial charge on any atom is 0.0999 e. The standard InChI is InChI=1S/C10H13F/c1-4-7-9(5-2)8-10(11)6-3/h1,7-8H,5-6H2,2-3H3/b9-7-,10-8+. The predicted octanol–water partition coefficient (Wildman–Crippen LogP) is 3.22. The molecule has 0 atom stereocenters. The molecule has 0 spiro atoms. The topological polar surface area (TPSA) is 0 Å². The Kier molecular flexibility index (Phi) is 5.20. The van der Waals surface area contributed by atoms with Crippen LogP contribution in [0.25, 0.3) is 0 Å². The first kappa shape index (κ1) is 9.97. The van der Waals surface area contributed by atoms with Crippen molar-refractivity contribution in [2.75, 3.05) is 0 Å². The summed E-state index contributed by atoms with van der Waals surface area (Å²) in [5.41, 5.74) is 0.867. The van der Waals surface area contributed by atoms with Gasteiger partial charge in [0.15, 0.2) is 0 Å². The van der Waals surface area contributed by atoms with E-state index in [1.807, 2.05) is 6.92 Å². The van der Waals surface area contributed by atoms with E-state index in [0.29, 0.717) is 6.42 Å². The monoisotopic (exact) mass is 152 g/mol. The smallest absolute Gasteiger partial charge is 0.0999 e. The van der Waals surface area contributed by atoms with Crippen molar-refractivity contribution in [1.29, 1.82) is 0 Å². The summed E-state index contributed by atoms with van der Waals surface area (Å²) >= 11 is 0. The van der Waals surface area contributed by atoms with Gasteiger partial charge in [0.1, 0.15) is 0 Å². The minimum Gasteiger partial charge on any atom is -0.212 e. The van der Waals surface area contributed by atoms with E-state index >= 15 is 0 Å². The van der Waals surface area contributed by atoms with E-state index < -0.39 is 0 Å². The number of allylic oxidation sites excluding steroid dienone is 4. The first-order valence-electron chi connectivity index (χ1n) is 3.75. The molecule has 60 valence electrons. The van der Waals surface area contributed by atoms with Crippen LogP contribution in [0.5, 0.6) is 0 Å². The highest BCUT2D eigenvalue weighted by molar-refractivity contribution is 5.27. The number of halogens is 1. The maximum absolute atomic E-state index is 12.6. The van der Waals surface area contributed by atoms with Gasteiger partial charge < -0.3 is 0 Å². The summed E-state index contributed by atoms with van der Waals surface area (Å²) in [5, 5.41) is 0. The lowest BCUT2D eigenvalue weighted by molar-refractivity contribution is 0.603. The number of hydrogen-bond acceptors (Lipinski definition) is 0. The second-order valence-electron chi connectivity index (χ2n) is 2.18. The lowest BCUT2D eigenvalue weighted by Gasteiger charge is -1.94. The molecule has 0 aliphatic rings. The van der Waals surface area contributed by atoms with Crippen LogP contribution in [0.3, 0.4) is 0 Å². The second kappa shape index (κ2) is 5.73. The summed E-state index contributed by atoms with van der Waals surface area (Å²) in [4.78, 5) is 0. The van der Waals surface area contributed by atoms with E-state index in [4.69, 9.17) is 6.42 Å². The highest BCUT2D eigenvalue weighted by Gasteiger charge is 1.91. The average Bonchev–Trinajstić information content (AvgIpc) is 2.03. The van der Waals surface area contributed by atoms with E-state index in [1.165, 1.54) is 6.08 Å². The molecule has 0 rings (SSSR count). The van der Waals surface area contributed by atoms with Crippen LogP contribution in [0.15, 0.2) is 23.6 Å². The summed E-state index contributed by atoms with van der Waals surface area (Å²) in [6, 6.07) is 0. The van der Waals surface area contributed by atoms with Crippen molar-refractivity contribution < 1.29 is 4.39 Å². The second-order valence-corrected chi connectivity index (χ2v) is 2.18. The minimum absolute atomic E-state index is 0.117. The molecule has 0 N–H and O–H groups in total. The number of terminal acetylenes is 1. The third kappa shape index (κ3) is 4.38. The van der Waals surface area contributed by atoms with Gasteiger partial charge in [0.25, 0.3) is 0 Å². The fourth-order valence-electron chi connectivity index (χ4n) is 0.656. The van der Waals surface area contributed by atoms with Gasteiger partial charge in [0, 0.05) is 0 Å². The largest absolute Gasteiger partial charge is 0.212 e. The van der Waals surface area contributed by atoms with Crippen molar-refractivity contribution in [2.24, 2.45) is 0 Å². The van der Waals surface area contributed by atoms with E-state index in [2.05, 4.69) is 5.92 Å². The number of rotatable bonds is 3. The summed E-state index contributed by atoms with van der Waals surface area (Å²) in [6.07, 6.45) is 9.34. The molecular weight excluding hydrogens is 139 g/mol. The lowest BCUT2D eigenvalue weighted by atomic mass is 10.1. The molecule has 0 nitrogen and oxygen atoms in total. The summed E-state index contributed by atoms with van der Waals surface area (Å²) < 4.78 is 12.6. The van der Waals surface area contributed by atoms with Gasteiger partial charge in [0.2, 0.25) is 0 Å². The van der Waals surface area contributed by atoms with Crippen LogP contribution in [0, 0.1) is 12.3 Å². The summed E-state index contributed by atoms with van der Waals surface area (Å²) in [7, 11) is 0. The van der Waals surface area contributed by atoms with Crippen LogP contribution in [0.1, 0.15) is 26.7 Å². The van der Waals surface area contributed by atoms with Crippen molar-refractivity contribution in [3.63, 3.8) is 0 Å². The fourth-order valence-corrected chi connectivity index (χ4v) is 0.656. The van der Waals surface area contributed by atoms with Crippen LogP contribution < -0.4 is 0 Å². The number of hydrogen-bond donors (Lipinski definition) is 0. The van der Waals surface area contributed by atoms with Crippen LogP contribution >= 0.6 is 0 Å². The minimum atomic E-state index is -0.117. The van der Waals surface area contributed by atoms with Crippen LogP contribution in [0.2, 0.25) is 0 Å². The summed E-state index contributed by atoms with van der Waals surface area (Å²) in [5.74, 6) is 2.26. The molecule has 11 heavy (non-hydrogen) atoms. The maximum atomic E-state index is 12.6. The Morgan fingerprint density at radius 3 is 2.45 bits per heavy atom. The molecule has 0 heterocycles. The fraction of sp³-hybridized carbons (Fsp3) is 0.400. The van der Waals surface area contributed by atoms with E-state index in [1.54, 1.807) is 13.0 Å². The van der Waals surface area contributed by atoms with E-state index in [-0.39, 0.29) is 5.83 Å². The molecule has 0 unspecified atom stereocenters. The van der Waals surface area contributed by atoms with E-state index in [0.717, 1.165) is 12.0 Å². The van der Waals surface area contributed by atoms with Gasteiger partial charge in [-0.1, -0.05) is 19.8 Å². The molecule has 1 heteroatoms. The van der Waals surface area contributed by atoms with Crippen molar-refractivity contribution >= 4 is 0 Å². The zero-order valence-corrected chi connectivity index (χ0v) is 7.02. The summed E-state index contributed by atoms with van der Waals surface area (Å²) in [6.45, 7) is 3.72. The van der Waals surface area contributed by atoms with Crippen LogP contribution in [-0.4, -0.2) is 0 Å². The Hall–Kier alpha value is -1.03.